The van der Waals surface area contributed by atoms with Gasteiger partial charge in [0.2, 0.25) is 0 Å². The van der Waals surface area contributed by atoms with Gasteiger partial charge in [0.25, 0.3) is 0 Å². The minimum absolute atomic E-state index is 0.583. The Morgan fingerprint density at radius 1 is 0.462 bits per heavy atom. The molecule has 6 rings (SSSR count). The van der Waals surface area contributed by atoms with Crippen molar-refractivity contribution in [2.45, 2.75) is 19.3 Å². The van der Waals surface area contributed by atoms with E-state index < -0.39 is 15.8 Å². The summed E-state index contributed by atoms with van der Waals surface area (Å²) in [4.78, 5) is 0. The lowest BCUT2D eigenvalue weighted by atomic mass is 10.1. The van der Waals surface area contributed by atoms with E-state index in [9.17, 15) is 0 Å². The zero-order valence-corrected chi connectivity index (χ0v) is 23.8. The van der Waals surface area contributed by atoms with Crippen LogP contribution in [0.4, 0.5) is 0 Å². The Hall–Kier alpha value is -3.56. The van der Waals surface area contributed by atoms with E-state index >= 15 is 0 Å². The molecule has 0 heterocycles. The van der Waals surface area contributed by atoms with Crippen LogP contribution in [-0.4, -0.2) is 0 Å². The third kappa shape index (κ3) is 5.89. The number of hydrogen-bond donors (Lipinski definition) is 0. The first-order valence-corrected chi connectivity index (χ1v) is 16.3. The van der Waals surface area contributed by atoms with Gasteiger partial charge in [0.1, 0.15) is 0 Å². The van der Waals surface area contributed by atoms with Crippen molar-refractivity contribution in [2.24, 2.45) is 0 Å². The molecule has 0 saturated heterocycles. The Labute approximate surface area is 235 Å². The maximum atomic E-state index is 2.38. The van der Waals surface area contributed by atoms with Crippen LogP contribution in [0.3, 0.4) is 0 Å². The molecule has 39 heavy (non-hydrogen) atoms. The van der Waals surface area contributed by atoms with Crippen LogP contribution in [0.2, 0.25) is 0 Å². The fourth-order valence-electron chi connectivity index (χ4n) is 5.36. The molecule has 1 aliphatic carbocycles. The van der Waals surface area contributed by atoms with E-state index in [0.29, 0.717) is 0 Å². The van der Waals surface area contributed by atoms with Crippen LogP contribution < -0.4 is 26.5 Å². The smallest absolute Gasteiger partial charge is 0.00126 e. The van der Waals surface area contributed by atoms with Gasteiger partial charge in [-0.15, -0.1) is 0 Å². The summed E-state index contributed by atoms with van der Waals surface area (Å²) < 4.78 is 0. The largest absolute Gasteiger partial charge is 0.0842 e. The molecule has 1 unspecified atom stereocenters. The van der Waals surface area contributed by atoms with Crippen molar-refractivity contribution < 1.29 is 0 Å². The topological polar surface area (TPSA) is 0 Å². The van der Waals surface area contributed by atoms with Crippen LogP contribution in [0, 0.1) is 0 Å². The lowest BCUT2D eigenvalue weighted by molar-refractivity contribution is 1.02. The molecular formula is C37H32P2. The Morgan fingerprint density at radius 2 is 0.897 bits per heavy atom. The summed E-state index contributed by atoms with van der Waals surface area (Å²) >= 11 is 0. The summed E-state index contributed by atoms with van der Waals surface area (Å²) in [6, 6.07) is 51.5. The summed E-state index contributed by atoms with van der Waals surface area (Å²) in [5, 5.41) is 8.72. The van der Waals surface area contributed by atoms with Crippen molar-refractivity contribution in [1.82, 2.24) is 0 Å². The fraction of sp³-hybridized carbons (Fsp3) is 0.0811. The number of hydrogen-bond acceptors (Lipinski definition) is 0. The monoisotopic (exact) mass is 538 g/mol. The van der Waals surface area contributed by atoms with Gasteiger partial charge in [0, 0.05) is 0 Å². The molecule has 0 amide bonds. The first-order chi connectivity index (χ1) is 19.4. The molecule has 0 aromatic heterocycles. The molecule has 0 N–H and O–H groups in total. The summed E-state index contributed by atoms with van der Waals surface area (Å²) in [6.45, 7) is 0. The van der Waals surface area contributed by atoms with Crippen LogP contribution in [0.25, 0.3) is 0 Å². The van der Waals surface area contributed by atoms with Crippen LogP contribution >= 0.6 is 15.8 Å². The van der Waals surface area contributed by atoms with Gasteiger partial charge in [-0.1, -0.05) is 158 Å². The SMILES string of the molecule is C1=CCCC(P(c2ccccc2)c2ccccc2Cc2ccccc2P(c2ccccc2)c2ccccc2)=C1. The lowest BCUT2D eigenvalue weighted by Gasteiger charge is -2.27. The average Bonchev–Trinajstić information content (AvgIpc) is 3.01. The van der Waals surface area contributed by atoms with Crippen molar-refractivity contribution >= 4 is 42.4 Å². The molecule has 1 atom stereocenters. The molecule has 5 aromatic rings. The summed E-state index contributed by atoms with van der Waals surface area (Å²) in [5.74, 6) is 0. The number of allylic oxidation sites excluding steroid dienone is 4. The normalized spacial score (nSPS) is 13.7. The molecule has 0 fully saturated rings. The maximum absolute atomic E-state index is 2.38. The first-order valence-electron chi connectivity index (χ1n) is 13.7. The van der Waals surface area contributed by atoms with Crippen LogP contribution in [-0.2, 0) is 6.42 Å². The van der Waals surface area contributed by atoms with E-state index in [0.717, 1.165) is 19.3 Å². The van der Waals surface area contributed by atoms with E-state index in [1.54, 1.807) is 5.31 Å². The van der Waals surface area contributed by atoms with Crippen LogP contribution in [0.1, 0.15) is 24.0 Å². The minimum Gasteiger partial charge on any atom is -0.0842 e. The second kappa shape index (κ2) is 12.5. The molecule has 0 saturated carbocycles. The van der Waals surface area contributed by atoms with Gasteiger partial charge >= 0.3 is 0 Å². The van der Waals surface area contributed by atoms with Crippen molar-refractivity contribution in [3.05, 3.63) is 174 Å². The molecule has 0 nitrogen and oxygen atoms in total. The second-order valence-corrected chi connectivity index (χ2v) is 14.2. The average molecular weight is 539 g/mol. The van der Waals surface area contributed by atoms with Gasteiger partial charge < -0.3 is 0 Å². The van der Waals surface area contributed by atoms with E-state index in [1.807, 2.05) is 0 Å². The highest BCUT2D eigenvalue weighted by Gasteiger charge is 2.24. The van der Waals surface area contributed by atoms with Crippen molar-refractivity contribution in [2.75, 3.05) is 0 Å². The number of rotatable bonds is 8. The predicted molar refractivity (Wildman–Crippen MR) is 173 cm³/mol. The Bertz CT molecular complexity index is 1530. The summed E-state index contributed by atoms with van der Waals surface area (Å²) in [6.07, 6.45) is 10.1. The summed E-state index contributed by atoms with van der Waals surface area (Å²) in [7, 11) is -1.24. The highest BCUT2D eigenvalue weighted by molar-refractivity contribution is 7.80. The third-order valence-corrected chi connectivity index (χ3v) is 12.4. The zero-order valence-electron chi connectivity index (χ0n) is 22.0. The van der Waals surface area contributed by atoms with Gasteiger partial charge in [0.15, 0.2) is 0 Å². The van der Waals surface area contributed by atoms with E-state index in [2.05, 4.69) is 158 Å². The van der Waals surface area contributed by atoms with E-state index in [4.69, 9.17) is 0 Å². The third-order valence-electron chi connectivity index (χ3n) is 7.17. The lowest BCUT2D eigenvalue weighted by Crippen LogP contribution is -2.24. The Kier molecular flexibility index (Phi) is 8.26. The maximum Gasteiger partial charge on any atom is -0.00126 e. The van der Waals surface area contributed by atoms with Crippen molar-refractivity contribution in [1.29, 1.82) is 0 Å². The Balaban J connectivity index is 1.45. The molecule has 0 bridgehead atoms. The molecule has 1 aliphatic rings. The number of benzene rings is 5. The molecule has 5 aromatic carbocycles. The highest BCUT2D eigenvalue weighted by Crippen LogP contribution is 2.47. The predicted octanol–water partition coefficient (Wildman–Crippen LogP) is 7.70. The molecular weight excluding hydrogens is 506 g/mol. The Morgan fingerprint density at radius 3 is 1.38 bits per heavy atom. The van der Waals surface area contributed by atoms with Crippen LogP contribution in [0.5, 0.6) is 0 Å². The van der Waals surface area contributed by atoms with Gasteiger partial charge in [-0.05, 0) is 78.1 Å². The fourth-order valence-corrected chi connectivity index (χ4v) is 10.5. The standard InChI is InChI=1S/C37H32P2/c1-5-19-32(20-6-1)38(33-21-7-2-8-22-33)36-27-15-13-17-30(36)29-31-18-14-16-28-37(31)39(34-23-9-3-10-24-34)35-25-11-4-12-26-35/h1-11,13-25,27-28H,12,26,29H2. The molecule has 0 spiro atoms. The summed E-state index contributed by atoms with van der Waals surface area (Å²) in [5.41, 5.74) is 2.86. The highest BCUT2D eigenvalue weighted by atomic mass is 31.1. The molecule has 2 heteroatoms. The van der Waals surface area contributed by atoms with Gasteiger partial charge in [-0.25, -0.2) is 0 Å². The molecule has 190 valence electrons. The van der Waals surface area contributed by atoms with Gasteiger partial charge in [0.05, 0.1) is 0 Å². The van der Waals surface area contributed by atoms with E-state index in [-0.39, 0.29) is 0 Å². The minimum atomic E-state index is -0.659. The zero-order chi connectivity index (χ0) is 26.3. The quantitative estimate of drug-likeness (QED) is 0.178. The van der Waals surface area contributed by atoms with Crippen LogP contribution in [0.15, 0.2) is 163 Å². The second-order valence-electron chi connectivity index (χ2n) is 9.74. The van der Waals surface area contributed by atoms with Gasteiger partial charge in [-0.3, -0.25) is 0 Å². The van der Waals surface area contributed by atoms with Crippen molar-refractivity contribution in [3.63, 3.8) is 0 Å². The molecule has 0 aliphatic heterocycles. The first kappa shape index (κ1) is 25.7. The van der Waals surface area contributed by atoms with Gasteiger partial charge in [-0.2, -0.15) is 0 Å². The van der Waals surface area contributed by atoms with Crippen molar-refractivity contribution in [3.8, 4) is 0 Å². The van der Waals surface area contributed by atoms with E-state index in [1.165, 1.54) is 37.6 Å². The molecule has 0 radical (unpaired) electrons.